The standard InChI is InChI=1S/C24H22F4N4O3/c1-14-21(25)9-16(10-29-14)20-8-17(11-30-22(20)32-7-6-15(12-32)13-33)23(34)31-18-2-4-19(5-3-18)35-24(26,27)28/h2-5,8-11,15,33H,6-7,12-13H2,1H3,(H,31,34)/t15-/m0/s1. The van der Waals surface area contributed by atoms with Gasteiger partial charge in [-0.15, -0.1) is 13.2 Å². The highest BCUT2D eigenvalue weighted by atomic mass is 19.4. The largest absolute Gasteiger partial charge is 0.573 e. The van der Waals surface area contributed by atoms with Gasteiger partial charge in [-0.1, -0.05) is 0 Å². The number of aliphatic hydroxyl groups excluding tert-OH is 1. The summed E-state index contributed by atoms with van der Waals surface area (Å²) < 4.78 is 55.1. The van der Waals surface area contributed by atoms with Gasteiger partial charge in [0.2, 0.25) is 0 Å². The molecule has 7 nitrogen and oxygen atoms in total. The predicted molar refractivity (Wildman–Crippen MR) is 121 cm³/mol. The molecule has 1 aromatic carbocycles. The number of carbonyl (C=O) groups excluding carboxylic acids is 1. The summed E-state index contributed by atoms with van der Waals surface area (Å²) in [5.41, 5.74) is 1.58. The van der Waals surface area contributed by atoms with E-state index >= 15 is 0 Å². The fourth-order valence-electron chi connectivity index (χ4n) is 3.82. The zero-order valence-corrected chi connectivity index (χ0v) is 18.6. The Morgan fingerprint density at radius 3 is 2.57 bits per heavy atom. The summed E-state index contributed by atoms with van der Waals surface area (Å²) in [6, 6.07) is 7.62. The number of nitrogens with one attached hydrogen (secondary N) is 1. The zero-order valence-electron chi connectivity index (χ0n) is 18.6. The molecule has 3 aromatic rings. The predicted octanol–water partition coefficient (Wildman–Crippen LogP) is 4.56. The molecule has 0 unspecified atom stereocenters. The van der Waals surface area contributed by atoms with Crippen LogP contribution in [-0.4, -0.2) is 47.0 Å². The molecular formula is C24H22F4N4O3. The van der Waals surface area contributed by atoms with Crippen LogP contribution in [0.3, 0.4) is 0 Å². The first-order valence-electron chi connectivity index (χ1n) is 10.8. The molecule has 1 amide bonds. The minimum Gasteiger partial charge on any atom is -0.406 e. The molecule has 2 N–H and O–H groups in total. The maximum absolute atomic E-state index is 14.3. The van der Waals surface area contributed by atoms with Gasteiger partial charge in [0, 0.05) is 54.8 Å². The molecule has 0 aliphatic carbocycles. The number of hydrogen-bond acceptors (Lipinski definition) is 6. The Morgan fingerprint density at radius 2 is 1.94 bits per heavy atom. The van der Waals surface area contributed by atoms with E-state index in [0.717, 1.165) is 18.6 Å². The molecule has 0 bridgehead atoms. The summed E-state index contributed by atoms with van der Waals surface area (Å²) in [5, 5.41) is 12.1. The Balaban J connectivity index is 1.61. The second-order valence-corrected chi connectivity index (χ2v) is 8.20. The maximum Gasteiger partial charge on any atom is 0.573 e. The smallest absolute Gasteiger partial charge is 0.406 e. The second kappa shape index (κ2) is 9.87. The minimum absolute atomic E-state index is 0.0415. The second-order valence-electron chi connectivity index (χ2n) is 8.20. The summed E-state index contributed by atoms with van der Waals surface area (Å²) in [7, 11) is 0. The first-order chi connectivity index (χ1) is 16.6. The van der Waals surface area contributed by atoms with Crippen molar-refractivity contribution in [3.05, 3.63) is 65.9 Å². The maximum atomic E-state index is 14.3. The van der Waals surface area contributed by atoms with Crippen molar-refractivity contribution in [1.29, 1.82) is 0 Å². The lowest BCUT2D eigenvalue weighted by molar-refractivity contribution is -0.274. The highest BCUT2D eigenvalue weighted by molar-refractivity contribution is 6.05. The number of alkyl halides is 3. The van der Waals surface area contributed by atoms with Gasteiger partial charge in [0.1, 0.15) is 17.4 Å². The summed E-state index contributed by atoms with van der Waals surface area (Å²) in [4.78, 5) is 23.4. The number of hydrogen-bond donors (Lipinski definition) is 2. The third-order valence-corrected chi connectivity index (χ3v) is 5.65. The molecule has 3 heterocycles. The Bertz CT molecular complexity index is 1220. The van der Waals surface area contributed by atoms with Crippen molar-refractivity contribution in [2.24, 2.45) is 5.92 Å². The van der Waals surface area contributed by atoms with E-state index in [1.165, 1.54) is 30.6 Å². The molecule has 1 aliphatic heterocycles. The lowest BCUT2D eigenvalue weighted by Crippen LogP contribution is -2.23. The van der Waals surface area contributed by atoms with Crippen molar-refractivity contribution >= 4 is 17.4 Å². The van der Waals surface area contributed by atoms with Gasteiger partial charge in [0.05, 0.1) is 11.3 Å². The summed E-state index contributed by atoms with van der Waals surface area (Å²) >= 11 is 0. The fraction of sp³-hybridized carbons (Fsp3) is 0.292. The average Bonchev–Trinajstić information content (AvgIpc) is 3.30. The monoisotopic (exact) mass is 490 g/mol. The number of ether oxygens (including phenoxy) is 1. The van der Waals surface area contributed by atoms with Crippen molar-refractivity contribution in [1.82, 2.24) is 9.97 Å². The van der Waals surface area contributed by atoms with Gasteiger partial charge >= 0.3 is 6.36 Å². The molecular weight excluding hydrogens is 468 g/mol. The number of anilines is 2. The van der Waals surface area contributed by atoms with E-state index in [1.54, 1.807) is 13.0 Å². The molecule has 1 saturated heterocycles. The van der Waals surface area contributed by atoms with Crippen molar-refractivity contribution < 1.29 is 32.2 Å². The lowest BCUT2D eigenvalue weighted by atomic mass is 10.0. The van der Waals surface area contributed by atoms with E-state index in [-0.39, 0.29) is 29.5 Å². The molecule has 1 atom stereocenters. The van der Waals surface area contributed by atoms with Crippen LogP contribution in [0.25, 0.3) is 11.1 Å². The number of amides is 1. The topological polar surface area (TPSA) is 87.6 Å². The van der Waals surface area contributed by atoms with Gasteiger partial charge in [-0.05, 0) is 49.7 Å². The first kappa shape index (κ1) is 24.4. The number of nitrogens with zero attached hydrogens (tertiary/aromatic N) is 3. The number of rotatable bonds is 6. The molecule has 11 heteroatoms. The Labute approximate surface area is 198 Å². The molecule has 4 rings (SSSR count). The van der Waals surface area contributed by atoms with E-state index in [4.69, 9.17) is 0 Å². The van der Waals surface area contributed by atoms with Crippen LogP contribution < -0.4 is 15.0 Å². The summed E-state index contributed by atoms with van der Waals surface area (Å²) in [6.07, 6.45) is -1.17. The van der Waals surface area contributed by atoms with Gasteiger partial charge in [-0.2, -0.15) is 0 Å². The SMILES string of the molecule is Cc1ncc(-c2cc(C(=O)Nc3ccc(OC(F)(F)F)cc3)cnc2N2CC[C@H](CO)C2)cc1F. The van der Waals surface area contributed by atoms with Crippen LogP contribution in [0.15, 0.2) is 48.8 Å². The van der Waals surface area contributed by atoms with Gasteiger partial charge in [0.15, 0.2) is 0 Å². The number of aryl methyl sites for hydroxylation is 1. The summed E-state index contributed by atoms with van der Waals surface area (Å²) in [6.45, 7) is 2.79. The van der Waals surface area contributed by atoms with Gasteiger partial charge in [-0.25, -0.2) is 9.37 Å². The fourth-order valence-corrected chi connectivity index (χ4v) is 3.82. The molecule has 1 fully saturated rings. The van der Waals surface area contributed by atoms with E-state index in [0.29, 0.717) is 30.0 Å². The van der Waals surface area contributed by atoms with Crippen LogP contribution in [0.1, 0.15) is 22.5 Å². The molecule has 0 saturated carbocycles. The van der Waals surface area contributed by atoms with Crippen LogP contribution in [0.2, 0.25) is 0 Å². The minimum atomic E-state index is -4.81. The van der Waals surface area contributed by atoms with Gasteiger partial charge in [-0.3, -0.25) is 9.78 Å². The summed E-state index contributed by atoms with van der Waals surface area (Å²) in [5.74, 6) is -0.838. The zero-order chi connectivity index (χ0) is 25.2. The number of benzene rings is 1. The Kier molecular flexibility index (Phi) is 6.88. The van der Waals surface area contributed by atoms with Crippen LogP contribution in [0, 0.1) is 18.7 Å². The Hall–Kier alpha value is -3.73. The number of carbonyl (C=O) groups is 1. The van der Waals surface area contributed by atoms with Crippen LogP contribution in [-0.2, 0) is 0 Å². The molecule has 1 aliphatic rings. The first-order valence-corrected chi connectivity index (χ1v) is 10.8. The highest BCUT2D eigenvalue weighted by Crippen LogP contribution is 2.33. The van der Waals surface area contributed by atoms with Crippen molar-refractivity contribution in [3.63, 3.8) is 0 Å². The van der Waals surface area contributed by atoms with E-state index in [9.17, 15) is 27.5 Å². The number of aliphatic hydroxyl groups is 1. The van der Waals surface area contributed by atoms with Crippen molar-refractivity contribution in [2.75, 3.05) is 29.9 Å². The number of aromatic nitrogens is 2. The van der Waals surface area contributed by atoms with Crippen LogP contribution >= 0.6 is 0 Å². The lowest BCUT2D eigenvalue weighted by Gasteiger charge is -2.21. The van der Waals surface area contributed by atoms with E-state index < -0.39 is 23.8 Å². The number of pyridine rings is 2. The highest BCUT2D eigenvalue weighted by Gasteiger charge is 2.31. The molecule has 184 valence electrons. The van der Waals surface area contributed by atoms with E-state index in [2.05, 4.69) is 20.0 Å². The molecule has 0 spiro atoms. The van der Waals surface area contributed by atoms with Crippen LogP contribution in [0.5, 0.6) is 5.75 Å². The van der Waals surface area contributed by atoms with Crippen LogP contribution in [0.4, 0.5) is 29.1 Å². The average molecular weight is 490 g/mol. The van der Waals surface area contributed by atoms with Gasteiger partial charge < -0.3 is 20.1 Å². The van der Waals surface area contributed by atoms with Gasteiger partial charge in [0.25, 0.3) is 5.91 Å². The third kappa shape index (κ3) is 5.86. The quantitative estimate of drug-likeness (QED) is 0.493. The Morgan fingerprint density at radius 1 is 1.20 bits per heavy atom. The van der Waals surface area contributed by atoms with E-state index in [1.807, 2.05) is 4.90 Å². The number of halogens is 4. The molecule has 0 radical (unpaired) electrons. The third-order valence-electron chi connectivity index (χ3n) is 5.65. The van der Waals surface area contributed by atoms with Crippen molar-refractivity contribution in [2.45, 2.75) is 19.7 Å². The molecule has 35 heavy (non-hydrogen) atoms. The normalized spacial score (nSPS) is 15.8. The molecule has 2 aromatic heterocycles. The van der Waals surface area contributed by atoms with Crippen molar-refractivity contribution in [3.8, 4) is 16.9 Å².